The van der Waals surface area contributed by atoms with E-state index in [0.717, 1.165) is 0 Å². The maximum absolute atomic E-state index is 2.44. The molecule has 0 unspecified atom stereocenters. The fourth-order valence-corrected chi connectivity index (χ4v) is 10.5. The highest BCUT2D eigenvalue weighted by molar-refractivity contribution is 6.11. The first kappa shape index (κ1) is 37.1. The summed E-state index contributed by atoms with van der Waals surface area (Å²) >= 11 is 0. The first-order valence-electron chi connectivity index (χ1n) is 22.1. The van der Waals surface area contributed by atoms with Crippen molar-refractivity contribution in [2.75, 3.05) is 0 Å². The van der Waals surface area contributed by atoms with Gasteiger partial charge in [0.2, 0.25) is 0 Å². The fraction of sp³-hybridized carbons (Fsp3) is 0.0820. The van der Waals surface area contributed by atoms with Crippen LogP contribution in [0.4, 0.5) is 0 Å². The smallest absolute Gasteiger partial charge is 0.0541 e. The van der Waals surface area contributed by atoms with Gasteiger partial charge in [-0.3, -0.25) is 0 Å². The number of rotatable bonds is 6. The summed E-state index contributed by atoms with van der Waals surface area (Å²) in [6, 6.07) is 71.9. The van der Waals surface area contributed by atoms with Crippen LogP contribution in [0.15, 0.2) is 194 Å². The molecule has 0 aliphatic heterocycles. The zero-order valence-electron chi connectivity index (χ0n) is 36.0. The minimum absolute atomic E-state index is 0.135. The van der Waals surface area contributed by atoms with Gasteiger partial charge in [0.15, 0.2) is 0 Å². The molecular weight excluding hydrogens is 761 g/mol. The monoisotopic (exact) mass is 806 g/mol. The van der Waals surface area contributed by atoms with Gasteiger partial charge in [-0.15, -0.1) is 0 Å². The Labute approximate surface area is 368 Å². The number of aryl methyl sites for hydroxylation is 2. The third-order valence-corrected chi connectivity index (χ3v) is 13.6. The molecule has 0 fully saturated rings. The molecule has 0 atom stereocenters. The summed E-state index contributed by atoms with van der Waals surface area (Å²) in [6.07, 6.45) is 4.50. The summed E-state index contributed by atoms with van der Waals surface area (Å²) in [7, 11) is 0. The van der Waals surface area contributed by atoms with Crippen molar-refractivity contribution in [1.82, 2.24) is 9.13 Å². The van der Waals surface area contributed by atoms with Crippen molar-refractivity contribution in [3.8, 4) is 44.8 Å². The van der Waals surface area contributed by atoms with Crippen molar-refractivity contribution >= 4 is 55.8 Å². The number of para-hydroxylation sites is 3. The standard InChI is InChI=1S/C61H46N2/c1-39-32-40(2)34-48(33-39)63-58-17-11-9-15-52(58)54-37-45(27-31-60(54)63)46-25-29-50-49-28-22-42(35-55(49)61(3,4)56(50)38-46)19-18-41-20-23-43(24-21-41)44-26-30-59-53(36-44)51-14-8-10-16-57(51)62(59)47-12-6-5-7-13-47/h5-38H,1-4H3. The van der Waals surface area contributed by atoms with E-state index in [4.69, 9.17) is 0 Å². The summed E-state index contributed by atoms with van der Waals surface area (Å²) in [4.78, 5) is 0. The first-order valence-corrected chi connectivity index (χ1v) is 22.1. The molecule has 0 amide bonds. The van der Waals surface area contributed by atoms with E-state index in [2.05, 4.69) is 243 Å². The topological polar surface area (TPSA) is 9.86 Å². The predicted molar refractivity (Wildman–Crippen MR) is 268 cm³/mol. The van der Waals surface area contributed by atoms with E-state index in [1.807, 2.05) is 0 Å². The van der Waals surface area contributed by atoms with E-state index in [1.165, 1.54) is 122 Å². The lowest BCUT2D eigenvalue weighted by Crippen LogP contribution is -2.15. The molecule has 1 aliphatic carbocycles. The maximum Gasteiger partial charge on any atom is 0.0541 e. The lowest BCUT2D eigenvalue weighted by atomic mass is 9.81. The number of aromatic nitrogens is 2. The molecule has 2 heterocycles. The Morgan fingerprint density at radius 3 is 1.46 bits per heavy atom. The van der Waals surface area contributed by atoms with Gasteiger partial charge in [-0.25, -0.2) is 0 Å². The zero-order chi connectivity index (χ0) is 42.4. The quantitative estimate of drug-likeness (QED) is 0.148. The number of hydrogen-bond donors (Lipinski definition) is 0. The van der Waals surface area contributed by atoms with E-state index < -0.39 is 0 Å². The molecule has 0 spiro atoms. The van der Waals surface area contributed by atoms with Crippen LogP contribution >= 0.6 is 0 Å². The molecule has 2 aromatic heterocycles. The molecule has 0 saturated heterocycles. The molecule has 0 radical (unpaired) electrons. The molecule has 1 aliphatic rings. The van der Waals surface area contributed by atoms with Gasteiger partial charge in [0.05, 0.1) is 22.1 Å². The Bertz CT molecular complexity index is 3630. The second kappa shape index (κ2) is 14.2. The van der Waals surface area contributed by atoms with E-state index in [-0.39, 0.29) is 5.41 Å². The van der Waals surface area contributed by atoms with Crippen LogP contribution in [0.25, 0.3) is 101 Å². The Morgan fingerprint density at radius 1 is 0.349 bits per heavy atom. The van der Waals surface area contributed by atoms with Gasteiger partial charge in [-0.2, -0.15) is 0 Å². The van der Waals surface area contributed by atoms with Gasteiger partial charge >= 0.3 is 0 Å². The summed E-state index contributed by atoms with van der Waals surface area (Å²) in [5.74, 6) is 0. The number of hydrogen-bond acceptors (Lipinski definition) is 0. The molecule has 63 heavy (non-hydrogen) atoms. The van der Waals surface area contributed by atoms with E-state index in [1.54, 1.807) is 0 Å². The first-order chi connectivity index (χ1) is 30.8. The Balaban J connectivity index is 0.823. The molecule has 9 aromatic carbocycles. The van der Waals surface area contributed by atoms with Crippen LogP contribution in [0.1, 0.15) is 47.2 Å². The van der Waals surface area contributed by atoms with Gasteiger partial charge in [0, 0.05) is 38.3 Å². The van der Waals surface area contributed by atoms with Gasteiger partial charge in [-0.05, 0) is 147 Å². The van der Waals surface area contributed by atoms with Crippen LogP contribution in [-0.4, -0.2) is 9.13 Å². The fourth-order valence-electron chi connectivity index (χ4n) is 10.5. The van der Waals surface area contributed by atoms with E-state index in [9.17, 15) is 0 Å². The van der Waals surface area contributed by atoms with Crippen LogP contribution in [0.2, 0.25) is 0 Å². The highest BCUT2D eigenvalue weighted by Gasteiger charge is 2.35. The molecule has 300 valence electrons. The molecule has 0 N–H and O–H groups in total. The molecule has 0 saturated carbocycles. The van der Waals surface area contributed by atoms with Crippen LogP contribution in [0, 0.1) is 13.8 Å². The van der Waals surface area contributed by atoms with Gasteiger partial charge in [0.25, 0.3) is 0 Å². The summed E-state index contributed by atoms with van der Waals surface area (Å²) < 4.78 is 4.79. The second-order valence-corrected chi connectivity index (χ2v) is 18.0. The van der Waals surface area contributed by atoms with Crippen molar-refractivity contribution in [2.45, 2.75) is 33.1 Å². The van der Waals surface area contributed by atoms with Crippen LogP contribution < -0.4 is 0 Å². The third kappa shape index (κ3) is 6.01. The zero-order valence-corrected chi connectivity index (χ0v) is 36.0. The second-order valence-electron chi connectivity index (χ2n) is 18.0. The van der Waals surface area contributed by atoms with E-state index >= 15 is 0 Å². The lowest BCUT2D eigenvalue weighted by molar-refractivity contribution is 0.660. The van der Waals surface area contributed by atoms with Gasteiger partial charge in [0.1, 0.15) is 0 Å². The molecule has 2 heteroatoms. The SMILES string of the molecule is Cc1cc(C)cc(-n2c3ccccc3c3cc(-c4ccc5c(c4)C(C)(C)c4cc(C=Cc6ccc(-c7ccc8c(c7)c7ccccc7n8-c7ccccc7)cc6)ccc4-5)ccc32)c1. The van der Waals surface area contributed by atoms with Crippen LogP contribution in [-0.2, 0) is 5.41 Å². The largest absolute Gasteiger partial charge is 0.309 e. The van der Waals surface area contributed by atoms with Crippen molar-refractivity contribution in [2.24, 2.45) is 0 Å². The van der Waals surface area contributed by atoms with Crippen molar-refractivity contribution < 1.29 is 0 Å². The third-order valence-electron chi connectivity index (χ3n) is 13.6. The highest BCUT2D eigenvalue weighted by Crippen LogP contribution is 2.50. The maximum atomic E-state index is 2.44. The summed E-state index contributed by atoms with van der Waals surface area (Å²) in [6.45, 7) is 9.13. The summed E-state index contributed by atoms with van der Waals surface area (Å²) in [5, 5.41) is 5.09. The normalized spacial score (nSPS) is 13.1. The predicted octanol–water partition coefficient (Wildman–Crippen LogP) is 16.3. The number of fused-ring (bicyclic) bond motifs is 9. The molecule has 2 nitrogen and oxygen atoms in total. The molecule has 12 rings (SSSR count). The van der Waals surface area contributed by atoms with Crippen LogP contribution in [0.3, 0.4) is 0 Å². The van der Waals surface area contributed by atoms with Crippen LogP contribution in [0.5, 0.6) is 0 Å². The van der Waals surface area contributed by atoms with Gasteiger partial charge < -0.3 is 9.13 Å². The lowest BCUT2D eigenvalue weighted by Gasteiger charge is -2.22. The van der Waals surface area contributed by atoms with E-state index in [0.29, 0.717) is 0 Å². The number of benzene rings is 9. The van der Waals surface area contributed by atoms with Crippen molar-refractivity contribution in [1.29, 1.82) is 0 Å². The highest BCUT2D eigenvalue weighted by atomic mass is 15.0. The Hall–Kier alpha value is -7.68. The summed E-state index contributed by atoms with van der Waals surface area (Å²) in [5.41, 5.74) is 22.5. The Kier molecular flexibility index (Phi) is 8.36. The minimum atomic E-state index is -0.135. The van der Waals surface area contributed by atoms with Crippen molar-refractivity contribution in [3.05, 3.63) is 228 Å². The minimum Gasteiger partial charge on any atom is -0.309 e. The molecule has 0 bridgehead atoms. The van der Waals surface area contributed by atoms with Crippen molar-refractivity contribution in [3.63, 3.8) is 0 Å². The average molecular weight is 807 g/mol. The molecular formula is C61H46N2. The van der Waals surface area contributed by atoms with Gasteiger partial charge in [-0.1, -0.05) is 153 Å². The Morgan fingerprint density at radius 2 is 0.810 bits per heavy atom. The number of nitrogens with zero attached hydrogens (tertiary/aromatic N) is 2. The molecule has 11 aromatic rings. The average Bonchev–Trinajstić information content (AvgIpc) is 3.90.